The van der Waals surface area contributed by atoms with E-state index in [4.69, 9.17) is 4.52 Å². The van der Waals surface area contributed by atoms with Crippen LogP contribution in [0.2, 0.25) is 0 Å². The van der Waals surface area contributed by atoms with Gasteiger partial charge in [0.15, 0.2) is 11.5 Å². The van der Waals surface area contributed by atoms with E-state index in [-0.39, 0.29) is 11.9 Å². The summed E-state index contributed by atoms with van der Waals surface area (Å²) < 4.78 is 7.13. The second kappa shape index (κ2) is 5.96. The highest BCUT2D eigenvalue weighted by Gasteiger charge is 2.32. The lowest BCUT2D eigenvalue weighted by Gasteiger charge is -2.22. The summed E-state index contributed by atoms with van der Waals surface area (Å²) in [5.41, 5.74) is 2.33. The number of hydrogen-bond acceptors (Lipinski definition) is 4. The predicted molar refractivity (Wildman–Crippen MR) is 88.2 cm³/mol. The summed E-state index contributed by atoms with van der Waals surface area (Å²) in [5.74, 6) is 0.517. The average Bonchev–Trinajstić information content (AvgIpc) is 3.35. The third kappa shape index (κ3) is 2.60. The Morgan fingerprint density at radius 3 is 2.88 bits per heavy atom. The van der Waals surface area contributed by atoms with E-state index in [0.29, 0.717) is 11.5 Å². The average molecular weight is 322 g/mol. The molecule has 1 aromatic carbocycles. The highest BCUT2D eigenvalue weighted by Crippen LogP contribution is 2.33. The zero-order valence-corrected chi connectivity index (χ0v) is 13.4. The van der Waals surface area contributed by atoms with Crippen LogP contribution in [-0.2, 0) is 7.05 Å². The van der Waals surface area contributed by atoms with Crippen LogP contribution < -0.4 is 0 Å². The third-order valence-corrected chi connectivity index (χ3v) is 4.41. The van der Waals surface area contributed by atoms with Crippen molar-refractivity contribution in [1.29, 1.82) is 0 Å². The van der Waals surface area contributed by atoms with Gasteiger partial charge in [-0.3, -0.25) is 9.48 Å². The van der Waals surface area contributed by atoms with Crippen LogP contribution in [0.1, 0.15) is 34.9 Å². The Labute approximate surface area is 139 Å². The predicted octanol–water partition coefficient (Wildman–Crippen LogP) is 3.05. The van der Waals surface area contributed by atoms with E-state index in [1.54, 1.807) is 10.7 Å². The van der Waals surface area contributed by atoms with E-state index in [0.717, 1.165) is 30.5 Å². The molecule has 1 aliphatic rings. The van der Waals surface area contributed by atoms with Crippen molar-refractivity contribution in [2.45, 2.75) is 18.9 Å². The normalized spacial score (nSPS) is 17.4. The standard InChI is InChI=1S/C18H18N4O2/c1-21-12-14(11-19-21)16-8-5-9-22(16)18(23)15-10-17(24-20-15)13-6-3-2-4-7-13/h2-4,6-7,10-12,16H,5,8-9H2,1H3/t16-/m0/s1. The number of rotatable bonds is 3. The molecule has 4 rings (SSSR count). The topological polar surface area (TPSA) is 64.2 Å². The Bertz CT molecular complexity index is 853. The number of nitrogens with zero attached hydrogens (tertiary/aromatic N) is 4. The zero-order valence-electron chi connectivity index (χ0n) is 13.4. The summed E-state index contributed by atoms with van der Waals surface area (Å²) in [6.07, 6.45) is 5.72. The Morgan fingerprint density at radius 2 is 2.12 bits per heavy atom. The van der Waals surface area contributed by atoms with Crippen molar-refractivity contribution < 1.29 is 9.32 Å². The first-order chi connectivity index (χ1) is 11.7. The first-order valence-corrected chi connectivity index (χ1v) is 8.04. The van der Waals surface area contributed by atoms with Crippen LogP contribution in [0.3, 0.4) is 0 Å². The van der Waals surface area contributed by atoms with Gasteiger partial charge in [-0.2, -0.15) is 5.10 Å². The number of aryl methyl sites for hydroxylation is 1. The molecule has 1 amide bonds. The smallest absolute Gasteiger partial charge is 0.276 e. The van der Waals surface area contributed by atoms with Gasteiger partial charge in [-0.1, -0.05) is 35.5 Å². The minimum atomic E-state index is -0.0905. The summed E-state index contributed by atoms with van der Waals surface area (Å²) in [6.45, 7) is 0.728. The molecule has 2 aromatic heterocycles. The van der Waals surface area contributed by atoms with Crippen LogP contribution in [0.25, 0.3) is 11.3 Å². The first-order valence-electron chi connectivity index (χ1n) is 8.04. The van der Waals surface area contributed by atoms with Crippen LogP contribution in [0.4, 0.5) is 0 Å². The number of hydrogen-bond donors (Lipinski definition) is 0. The van der Waals surface area contributed by atoms with Crippen molar-refractivity contribution in [1.82, 2.24) is 19.8 Å². The van der Waals surface area contributed by atoms with Gasteiger partial charge < -0.3 is 9.42 Å². The van der Waals surface area contributed by atoms with Gasteiger partial charge in [0.2, 0.25) is 0 Å². The van der Waals surface area contributed by atoms with E-state index in [1.165, 1.54) is 0 Å². The zero-order chi connectivity index (χ0) is 16.5. The Kier molecular flexibility index (Phi) is 3.65. The lowest BCUT2D eigenvalue weighted by atomic mass is 10.1. The molecule has 3 heterocycles. The summed E-state index contributed by atoms with van der Waals surface area (Å²) in [6, 6.07) is 11.4. The van der Waals surface area contributed by atoms with Crippen molar-refractivity contribution in [3.63, 3.8) is 0 Å². The quantitative estimate of drug-likeness (QED) is 0.743. The van der Waals surface area contributed by atoms with E-state index in [2.05, 4.69) is 10.3 Å². The van der Waals surface area contributed by atoms with Crippen LogP contribution in [0.15, 0.2) is 53.3 Å². The largest absolute Gasteiger partial charge is 0.355 e. The van der Waals surface area contributed by atoms with Gasteiger partial charge in [-0.15, -0.1) is 0 Å². The number of carbonyl (C=O) groups excluding carboxylic acids is 1. The summed E-state index contributed by atoms with van der Waals surface area (Å²) >= 11 is 0. The number of aromatic nitrogens is 3. The van der Waals surface area contributed by atoms with Gasteiger partial charge >= 0.3 is 0 Å². The SMILES string of the molecule is Cn1cc([C@@H]2CCCN2C(=O)c2cc(-c3ccccc3)on2)cn1. The minimum absolute atomic E-state index is 0.0584. The Hall–Kier alpha value is -2.89. The van der Waals surface area contributed by atoms with Crippen LogP contribution in [0, 0.1) is 0 Å². The molecule has 1 saturated heterocycles. The molecular weight excluding hydrogens is 304 g/mol. The molecule has 122 valence electrons. The molecule has 0 unspecified atom stereocenters. The van der Waals surface area contributed by atoms with Crippen LogP contribution in [-0.4, -0.2) is 32.3 Å². The van der Waals surface area contributed by atoms with Gasteiger partial charge in [-0.05, 0) is 12.8 Å². The number of likely N-dealkylation sites (tertiary alicyclic amines) is 1. The molecule has 6 heteroatoms. The van der Waals surface area contributed by atoms with Gasteiger partial charge in [0.05, 0.1) is 12.2 Å². The van der Waals surface area contributed by atoms with Gasteiger partial charge in [-0.25, -0.2) is 0 Å². The summed E-state index contributed by atoms with van der Waals surface area (Å²) in [7, 11) is 1.88. The van der Waals surface area contributed by atoms with Gasteiger partial charge in [0, 0.05) is 37.0 Å². The maximum atomic E-state index is 12.9. The van der Waals surface area contributed by atoms with Gasteiger partial charge in [0.25, 0.3) is 5.91 Å². The number of benzene rings is 1. The first kappa shape index (κ1) is 14.7. The molecular formula is C18H18N4O2. The molecule has 1 aliphatic heterocycles. The molecule has 0 spiro atoms. The molecule has 0 radical (unpaired) electrons. The molecule has 6 nitrogen and oxygen atoms in total. The molecule has 0 N–H and O–H groups in total. The van der Waals surface area contributed by atoms with Crippen LogP contribution in [0.5, 0.6) is 0 Å². The summed E-state index contributed by atoms with van der Waals surface area (Å²) in [4.78, 5) is 14.7. The van der Waals surface area contributed by atoms with Crippen molar-refractivity contribution in [2.75, 3.05) is 6.54 Å². The second-order valence-corrected chi connectivity index (χ2v) is 6.05. The minimum Gasteiger partial charge on any atom is -0.355 e. The highest BCUT2D eigenvalue weighted by atomic mass is 16.5. The van der Waals surface area contributed by atoms with E-state index >= 15 is 0 Å². The highest BCUT2D eigenvalue weighted by molar-refractivity contribution is 5.93. The number of carbonyl (C=O) groups is 1. The van der Waals surface area contributed by atoms with Gasteiger partial charge in [0.1, 0.15) is 0 Å². The van der Waals surface area contributed by atoms with Crippen molar-refractivity contribution in [3.8, 4) is 11.3 Å². The maximum absolute atomic E-state index is 12.9. The fourth-order valence-corrected chi connectivity index (χ4v) is 3.23. The Balaban J connectivity index is 1.58. The van der Waals surface area contributed by atoms with Crippen molar-refractivity contribution >= 4 is 5.91 Å². The molecule has 1 fully saturated rings. The fourth-order valence-electron chi connectivity index (χ4n) is 3.23. The van der Waals surface area contributed by atoms with E-state index in [1.807, 2.05) is 54.7 Å². The molecule has 0 bridgehead atoms. The molecule has 3 aromatic rings. The van der Waals surface area contributed by atoms with Crippen LogP contribution >= 0.6 is 0 Å². The lowest BCUT2D eigenvalue weighted by molar-refractivity contribution is 0.0725. The maximum Gasteiger partial charge on any atom is 0.276 e. The molecule has 0 saturated carbocycles. The number of amides is 1. The second-order valence-electron chi connectivity index (χ2n) is 6.05. The molecule has 1 atom stereocenters. The monoisotopic (exact) mass is 322 g/mol. The van der Waals surface area contributed by atoms with Crippen molar-refractivity contribution in [3.05, 3.63) is 60.0 Å². The fraction of sp³-hybridized carbons (Fsp3) is 0.278. The van der Waals surface area contributed by atoms with Crippen molar-refractivity contribution in [2.24, 2.45) is 7.05 Å². The lowest BCUT2D eigenvalue weighted by Crippen LogP contribution is -2.30. The Morgan fingerprint density at radius 1 is 1.29 bits per heavy atom. The van der Waals surface area contributed by atoms with E-state index < -0.39 is 0 Å². The molecule has 24 heavy (non-hydrogen) atoms. The third-order valence-electron chi connectivity index (χ3n) is 4.41. The van der Waals surface area contributed by atoms with E-state index in [9.17, 15) is 4.79 Å². The molecule has 0 aliphatic carbocycles. The summed E-state index contributed by atoms with van der Waals surface area (Å²) in [5, 5.41) is 8.20.